The topological polar surface area (TPSA) is 210 Å². The Bertz CT molecular complexity index is 1820. The van der Waals surface area contributed by atoms with E-state index in [0.29, 0.717) is 43.6 Å². The van der Waals surface area contributed by atoms with Crippen molar-refractivity contribution >= 4 is 41.6 Å². The highest BCUT2D eigenvalue weighted by molar-refractivity contribution is 7.93. The minimum atomic E-state index is -1.58. The van der Waals surface area contributed by atoms with Crippen molar-refractivity contribution in [1.82, 2.24) is 30.1 Å². The smallest absolute Gasteiger partial charge is 0.411 e. The first-order valence-electron chi connectivity index (χ1n) is 21.4. The van der Waals surface area contributed by atoms with Gasteiger partial charge in [-0.1, -0.05) is 38.1 Å². The molecule has 1 aromatic heterocycles. The first-order valence-corrected chi connectivity index (χ1v) is 22.5. The Hall–Kier alpha value is -3.88. The molecule has 3 aliphatic rings. The monoisotopic (exact) mass is 893 g/mol. The molecule has 2 amide bonds. The Morgan fingerprint density at radius 3 is 2.42 bits per heavy atom. The van der Waals surface area contributed by atoms with E-state index in [9.17, 15) is 28.2 Å². The molecule has 62 heavy (non-hydrogen) atoms. The molecule has 1 aromatic carbocycles. The van der Waals surface area contributed by atoms with Gasteiger partial charge < -0.3 is 44.7 Å². The van der Waals surface area contributed by atoms with Gasteiger partial charge in [-0.25, -0.2) is 4.79 Å². The number of hydrogen-bond donors (Lipinski definition) is 3. The molecule has 4 N–H and O–H groups in total. The maximum atomic E-state index is 14.4. The average molecular weight is 894 g/mol. The third-order valence-corrected chi connectivity index (χ3v) is 12.4. The van der Waals surface area contributed by atoms with E-state index in [4.69, 9.17) is 29.4 Å². The van der Waals surface area contributed by atoms with E-state index in [1.165, 1.54) is 25.2 Å². The fourth-order valence-electron chi connectivity index (χ4n) is 8.92. The van der Waals surface area contributed by atoms with Crippen LogP contribution >= 0.6 is 12.1 Å². The van der Waals surface area contributed by atoms with Crippen molar-refractivity contribution in [2.45, 2.75) is 141 Å². The molecule has 0 spiro atoms. The third kappa shape index (κ3) is 11.8. The predicted octanol–water partition coefficient (Wildman–Crippen LogP) is 4.66. The number of fused-ring (bicyclic) bond motifs is 1. The van der Waals surface area contributed by atoms with Crippen molar-refractivity contribution in [3.05, 3.63) is 30.5 Å². The van der Waals surface area contributed by atoms with Crippen molar-refractivity contribution < 1.29 is 51.9 Å². The van der Waals surface area contributed by atoms with Gasteiger partial charge >= 0.3 is 12.1 Å². The molecule has 0 aliphatic carbocycles. The molecule has 4 heterocycles. The van der Waals surface area contributed by atoms with Crippen LogP contribution in [0.1, 0.15) is 80.6 Å². The zero-order valence-electron chi connectivity index (χ0n) is 38.0. The number of likely N-dealkylation sites (N-methyl/N-ethyl adjacent to an activating group) is 1. The lowest BCUT2D eigenvalue weighted by Gasteiger charge is -2.46. The lowest BCUT2D eigenvalue weighted by atomic mass is 9.78. The van der Waals surface area contributed by atoms with Crippen molar-refractivity contribution in [3.8, 4) is 11.3 Å². The number of carbonyl (C=O) groups excluding carboxylic acids is 4. The Balaban J connectivity index is 0.00000273. The number of aromatic nitrogens is 3. The van der Waals surface area contributed by atoms with Gasteiger partial charge in [-0.05, 0) is 91.9 Å². The van der Waals surface area contributed by atoms with Gasteiger partial charge in [-0.15, -0.1) is 5.10 Å². The van der Waals surface area contributed by atoms with Crippen molar-refractivity contribution in [1.29, 1.82) is 0 Å². The summed E-state index contributed by atoms with van der Waals surface area (Å²) < 4.78 is 42.9. The number of aliphatic hydroxyl groups is 1. The number of benzene rings is 1. The zero-order valence-corrected chi connectivity index (χ0v) is 38.9. The molecule has 0 bridgehead atoms. The van der Waals surface area contributed by atoms with Gasteiger partial charge in [0.25, 0.3) is 0 Å². The number of unbranched alkanes of at least 4 members (excludes halogenated alkanes) is 1. The van der Waals surface area contributed by atoms with Crippen LogP contribution in [0.15, 0.2) is 30.5 Å². The van der Waals surface area contributed by atoms with Crippen LogP contribution in [0, 0.1) is 17.8 Å². The van der Waals surface area contributed by atoms with E-state index in [2.05, 4.69) is 15.6 Å². The highest BCUT2D eigenvalue weighted by Gasteiger charge is 2.60. The number of nitrogens with zero attached hydrogens (tertiary/aromatic N) is 5. The zero-order chi connectivity index (χ0) is 46.1. The molecule has 5 rings (SSSR count). The summed E-state index contributed by atoms with van der Waals surface area (Å²) in [6.45, 7) is 13.0. The second kappa shape index (κ2) is 22.2. The number of aryl methyl sites for hydroxylation is 1. The SMILES string of the molecule is CC[C@H]1OC(=O)C(C)C(=O)[C@H](C)[C@@H](O[C@@H]2O[C@H](C)CC(N(C)C)C2O)[C@](C)(OC)C[C@@H](C)CNC(=O)[C@H]2N(CCCCn3cc(-c4cccc(N)c4)nn3)C(=O)O[C@]12C.CSF. The highest BCUT2D eigenvalue weighted by atomic mass is 32.2. The number of halogens is 1. The van der Waals surface area contributed by atoms with E-state index in [-0.39, 0.29) is 49.7 Å². The summed E-state index contributed by atoms with van der Waals surface area (Å²) in [4.78, 5) is 59.6. The van der Waals surface area contributed by atoms with Gasteiger partial charge in [-0.3, -0.25) is 24.0 Å². The van der Waals surface area contributed by atoms with Crippen LogP contribution in [-0.4, -0.2) is 148 Å². The quantitative estimate of drug-likeness (QED) is 0.121. The van der Waals surface area contributed by atoms with E-state index >= 15 is 0 Å². The number of nitrogen functional groups attached to an aromatic ring is 1. The van der Waals surface area contributed by atoms with Gasteiger partial charge in [-0.2, -0.15) is 3.89 Å². The Labute approximate surface area is 369 Å². The second-order valence-electron chi connectivity index (χ2n) is 17.4. The third-order valence-electron chi connectivity index (χ3n) is 12.4. The number of hydrogen-bond acceptors (Lipinski definition) is 15. The fraction of sp³-hybridized carbons (Fsp3) is 0.721. The number of anilines is 1. The number of aliphatic hydroxyl groups excluding tert-OH is 1. The van der Waals surface area contributed by atoms with Gasteiger partial charge in [0.2, 0.25) is 5.91 Å². The van der Waals surface area contributed by atoms with Gasteiger partial charge in [0.05, 0.1) is 24.0 Å². The van der Waals surface area contributed by atoms with Crippen LogP contribution in [0.25, 0.3) is 11.3 Å². The van der Waals surface area contributed by atoms with Crippen LogP contribution in [0.4, 0.5) is 14.4 Å². The number of carbonyl (C=O) groups is 4. The standard InChI is InChI=1S/C42H65N7O10.CH3FS/c1-11-32-42(7)35(49(40(54)59-42)18-13-12-17-48-23-30(45-46-48)28-15-14-16-29(43)20-28)37(52)44-22-24(2)21-41(6,55-10)36(26(4)33(50)27(5)38(53)57-32)58-39-34(51)31(47(8)9)19-25(3)56-39;1-3-2/h14-16,20,23-27,31-32,34-36,39,51H,11-13,17-19,21-22,43H2,1-10H3,(H,44,52);1H3/t24-,25-,26+,27?,31?,32-,34?,35-,36-,39+,41-,42-;/m1./s1. The summed E-state index contributed by atoms with van der Waals surface area (Å²) in [6.07, 6.45) is 0.252. The summed E-state index contributed by atoms with van der Waals surface area (Å²) in [6, 6.07) is 5.96. The Kier molecular flexibility index (Phi) is 18.1. The van der Waals surface area contributed by atoms with Crippen LogP contribution in [-0.2, 0) is 44.6 Å². The van der Waals surface area contributed by atoms with E-state index < -0.39 is 77.4 Å². The molecule has 3 unspecified atom stereocenters. The molecule has 3 aliphatic heterocycles. The first kappa shape index (κ1) is 50.8. The summed E-state index contributed by atoms with van der Waals surface area (Å²) in [5, 5.41) is 23.0. The number of nitrogens with one attached hydrogen (secondary N) is 1. The molecular formula is C43H68FN7O10S. The maximum absolute atomic E-state index is 14.4. The lowest BCUT2D eigenvalue weighted by Crippen LogP contribution is -2.60. The van der Waals surface area contributed by atoms with Crippen LogP contribution in [0.3, 0.4) is 0 Å². The summed E-state index contributed by atoms with van der Waals surface area (Å²) in [5.41, 5.74) is 5.36. The van der Waals surface area contributed by atoms with Crippen LogP contribution < -0.4 is 11.1 Å². The van der Waals surface area contributed by atoms with Crippen LogP contribution in [0.2, 0.25) is 0 Å². The van der Waals surface area contributed by atoms with E-state index in [1.807, 2.05) is 64.2 Å². The summed E-state index contributed by atoms with van der Waals surface area (Å²) in [7, 11) is 5.27. The maximum Gasteiger partial charge on any atom is 0.411 e. The van der Waals surface area contributed by atoms with Crippen LogP contribution in [0.5, 0.6) is 0 Å². The second-order valence-corrected chi connectivity index (χ2v) is 17.8. The molecule has 3 saturated heterocycles. The summed E-state index contributed by atoms with van der Waals surface area (Å²) >= 11 is 0.250. The number of cyclic esters (lactones) is 1. The molecule has 12 atom stereocenters. The number of amides is 2. The fourth-order valence-corrected chi connectivity index (χ4v) is 8.92. The lowest BCUT2D eigenvalue weighted by molar-refractivity contribution is -0.295. The number of methoxy groups -OCH3 is 1. The molecule has 17 nitrogen and oxygen atoms in total. The summed E-state index contributed by atoms with van der Waals surface area (Å²) in [5.74, 6) is -4.18. The number of rotatable bonds is 11. The normalized spacial score (nSPS) is 33.7. The minimum Gasteiger partial charge on any atom is -0.457 e. The Morgan fingerprint density at radius 1 is 1.11 bits per heavy atom. The highest BCUT2D eigenvalue weighted by Crippen LogP contribution is 2.39. The number of ketones is 1. The average Bonchev–Trinajstić information content (AvgIpc) is 3.80. The van der Waals surface area contributed by atoms with Gasteiger partial charge in [0.1, 0.15) is 23.8 Å². The first-order chi connectivity index (χ1) is 29.2. The van der Waals surface area contributed by atoms with Crippen molar-refractivity contribution in [2.24, 2.45) is 17.8 Å². The van der Waals surface area contributed by atoms with E-state index in [0.717, 1.165) is 5.56 Å². The Morgan fingerprint density at radius 2 is 1.79 bits per heavy atom. The largest absolute Gasteiger partial charge is 0.457 e. The molecule has 0 saturated carbocycles. The van der Waals surface area contributed by atoms with Gasteiger partial charge in [0.15, 0.2) is 23.7 Å². The van der Waals surface area contributed by atoms with Crippen molar-refractivity contribution in [3.63, 3.8) is 0 Å². The number of Topliss-reactive ketones (excluding diaryl/α,β-unsaturated/α-hetero) is 1. The molecule has 2 aromatic rings. The molecule has 3 fully saturated rings. The van der Waals surface area contributed by atoms with Gasteiger partial charge in [0, 0.05) is 68.4 Å². The predicted molar refractivity (Wildman–Crippen MR) is 232 cm³/mol. The molecule has 348 valence electrons. The number of nitrogens with two attached hydrogens (primary N) is 1. The number of esters is 1. The minimum absolute atomic E-state index is 0.179. The van der Waals surface area contributed by atoms with Crippen molar-refractivity contribution in [2.75, 3.05) is 46.3 Å². The number of ether oxygens (including phenoxy) is 5. The molecular weight excluding hydrogens is 826 g/mol. The molecule has 19 heteroatoms. The molecule has 0 radical (unpaired) electrons. The van der Waals surface area contributed by atoms with E-state index in [1.54, 1.807) is 31.5 Å².